The van der Waals surface area contributed by atoms with E-state index in [2.05, 4.69) is 12.2 Å². The van der Waals surface area contributed by atoms with E-state index in [0.29, 0.717) is 18.4 Å². The van der Waals surface area contributed by atoms with Gasteiger partial charge in [-0.2, -0.15) is 13.2 Å². The fourth-order valence-corrected chi connectivity index (χ4v) is 6.60. The van der Waals surface area contributed by atoms with Gasteiger partial charge in [0.15, 0.2) is 0 Å². The van der Waals surface area contributed by atoms with Crippen LogP contribution in [0.4, 0.5) is 13.2 Å². The zero-order valence-corrected chi connectivity index (χ0v) is 21.1. The fourth-order valence-electron chi connectivity index (χ4n) is 5.35. The topological polar surface area (TPSA) is 58.6 Å². The van der Waals surface area contributed by atoms with Gasteiger partial charge in [-0.1, -0.05) is 13.3 Å². The third kappa shape index (κ3) is 7.18. The molecule has 194 valence electrons. The summed E-state index contributed by atoms with van der Waals surface area (Å²) < 4.78 is 71.9. The van der Waals surface area contributed by atoms with Crippen molar-refractivity contribution < 1.29 is 26.3 Å². The van der Waals surface area contributed by atoms with Crippen molar-refractivity contribution in [3.8, 4) is 0 Å². The molecule has 34 heavy (non-hydrogen) atoms. The highest BCUT2D eigenvalue weighted by Crippen LogP contribution is 2.37. The molecule has 1 aliphatic carbocycles. The molecule has 2 aliphatic rings. The molecule has 1 unspecified atom stereocenters. The van der Waals surface area contributed by atoms with Crippen molar-refractivity contribution in [2.75, 3.05) is 33.3 Å². The van der Waals surface area contributed by atoms with Crippen LogP contribution < -0.4 is 5.32 Å². The lowest BCUT2D eigenvalue weighted by Gasteiger charge is -2.40. The Balaban J connectivity index is 1.56. The van der Waals surface area contributed by atoms with Gasteiger partial charge in [0.05, 0.1) is 16.6 Å². The van der Waals surface area contributed by atoms with Gasteiger partial charge in [0.1, 0.15) is 0 Å². The predicted octanol–water partition coefficient (Wildman–Crippen LogP) is 5.32. The number of nitrogens with one attached hydrogen (secondary N) is 1. The fraction of sp³-hybridized carbons (Fsp3) is 0.760. The maximum atomic E-state index is 12.9. The van der Waals surface area contributed by atoms with Gasteiger partial charge < -0.3 is 10.1 Å². The molecule has 0 spiro atoms. The summed E-state index contributed by atoms with van der Waals surface area (Å²) in [7, 11) is -2.31. The van der Waals surface area contributed by atoms with Crippen molar-refractivity contribution in [3.63, 3.8) is 0 Å². The summed E-state index contributed by atoms with van der Waals surface area (Å²) in [6.07, 6.45) is 4.21. The van der Waals surface area contributed by atoms with Crippen molar-refractivity contribution >= 4 is 10.0 Å². The van der Waals surface area contributed by atoms with Gasteiger partial charge in [0.25, 0.3) is 0 Å². The summed E-state index contributed by atoms with van der Waals surface area (Å²) in [5, 5.41) is 3.43. The Bertz CT molecular complexity index is 847. The first-order valence-electron chi connectivity index (χ1n) is 12.6. The normalized spacial score (nSPS) is 23.8. The van der Waals surface area contributed by atoms with E-state index in [9.17, 15) is 21.6 Å². The number of hydrogen-bond acceptors (Lipinski definition) is 4. The van der Waals surface area contributed by atoms with E-state index in [4.69, 9.17) is 4.74 Å². The molecule has 9 heteroatoms. The van der Waals surface area contributed by atoms with Gasteiger partial charge in [-0.25, -0.2) is 12.7 Å². The van der Waals surface area contributed by atoms with Gasteiger partial charge in [-0.15, -0.1) is 0 Å². The highest BCUT2D eigenvalue weighted by Gasteiger charge is 2.35. The summed E-state index contributed by atoms with van der Waals surface area (Å²) in [6, 6.07) is 3.74. The summed E-state index contributed by atoms with van der Waals surface area (Å²) in [6.45, 7) is 5.44. The Morgan fingerprint density at radius 2 is 1.62 bits per heavy atom. The lowest BCUT2D eigenvalue weighted by Crippen LogP contribution is -2.41. The summed E-state index contributed by atoms with van der Waals surface area (Å²) in [5.74, 6) is 1.34. The third-order valence-electron chi connectivity index (χ3n) is 7.42. The number of piperidine rings is 1. The smallest absolute Gasteiger partial charge is 0.378 e. The quantitative estimate of drug-likeness (QED) is 0.439. The summed E-state index contributed by atoms with van der Waals surface area (Å²) in [5.41, 5.74) is -0.850. The molecule has 1 N–H and O–H groups in total. The molecule has 1 aromatic rings. The van der Waals surface area contributed by atoms with Crippen LogP contribution in [-0.2, 0) is 20.9 Å². The second-order valence-electron chi connectivity index (χ2n) is 9.86. The maximum Gasteiger partial charge on any atom is 0.416 e. The van der Waals surface area contributed by atoms with E-state index in [1.54, 1.807) is 0 Å². The van der Waals surface area contributed by atoms with Gasteiger partial charge in [0, 0.05) is 20.2 Å². The first-order valence-corrected chi connectivity index (χ1v) is 14.0. The van der Waals surface area contributed by atoms with E-state index in [0.717, 1.165) is 95.3 Å². The SMILES string of the molecule is CCCCOC(C1CCNCC1)C1CCC(CN(C)S(=O)(=O)c2ccc(C(F)(F)F)cc2)CC1. The first-order chi connectivity index (χ1) is 16.1. The zero-order chi connectivity index (χ0) is 24.8. The van der Waals surface area contributed by atoms with Gasteiger partial charge in [0.2, 0.25) is 10.0 Å². The van der Waals surface area contributed by atoms with Crippen LogP contribution in [0.1, 0.15) is 63.9 Å². The minimum absolute atomic E-state index is 0.105. The van der Waals surface area contributed by atoms with E-state index in [1.807, 2.05) is 0 Å². The summed E-state index contributed by atoms with van der Waals surface area (Å²) in [4.78, 5) is -0.105. The Morgan fingerprint density at radius 3 is 2.18 bits per heavy atom. The number of benzene rings is 1. The highest BCUT2D eigenvalue weighted by atomic mass is 32.2. The number of ether oxygens (including phenoxy) is 1. The highest BCUT2D eigenvalue weighted by molar-refractivity contribution is 7.89. The van der Waals surface area contributed by atoms with Gasteiger partial charge >= 0.3 is 6.18 Å². The van der Waals surface area contributed by atoms with Crippen LogP contribution in [0, 0.1) is 17.8 Å². The van der Waals surface area contributed by atoms with Crippen LogP contribution in [0.3, 0.4) is 0 Å². The Morgan fingerprint density at radius 1 is 1.03 bits per heavy atom. The molecule has 3 rings (SSSR count). The van der Waals surface area contributed by atoms with Crippen LogP contribution in [0.25, 0.3) is 0 Å². The molecule has 2 fully saturated rings. The summed E-state index contributed by atoms with van der Waals surface area (Å²) >= 11 is 0. The van der Waals surface area contributed by atoms with Crippen molar-refractivity contribution in [2.45, 2.75) is 75.5 Å². The number of rotatable bonds is 10. The molecule has 1 atom stereocenters. The lowest BCUT2D eigenvalue weighted by atomic mass is 9.74. The molecular weight excluding hydrogens is 465 g/mol. The molecule has 1 aliphatic heterocycles. The number of halogens is 3. The van der Waals surface area contributed by atoms with E-state index < -0.39 is 21.8 Å². The van der Waals surface area contributed by atoms with Crippen LogP contribution in [-0.4, -0.2) is 52.1 Å². The largest absolute Gasteiger partial charge is 0.416 e. The van der Waals surface area contributed by atoms with Crippen LogP contribution >= 0.6 is 0 Å². The van der Waals surface area contributed by atoms with Crippen molar-refractivity contribution in [3.05, 3.63) is 29.8 Å². The van der Waals surface area contributed by atoms with Crippen LogP contribution in [0.15, 0.2) is 29.2 Å². The second kappa shape index (κ2) is 12.2. The molecule has 0 radical (unpaired) electrons. The van der Waals surface area contributed by atoms with E-state index >= 15 is 0 Å². The lowest BCUT2D eigenvalue weighted by molar-refractivity contribution is -0.137. The van der Waals surface area contributed by atoms with E-state index in [1.165, 1.54) is 11.4 Å². The molecule has 1 aromatic carbocycles. The van der Waals surface area contributed by atoms with Gasteiger partial charge in [-0.05, 0) is 100 Å². The number of unbranched alkanes of at least 4 members (excludes halogenated alkanes) is 1. The minimum Gasteiger partial charge on any atom is -0.378 e. The number of hydrogen-bond donors (Lipinski definition) is 1. The predicted molar refractivity (Wildman–Crippen MR) is 127 cm³/mol. The van der Waals surface area contributed by atoms with Gasteiger partial charge in [-0.3, -0.25) is 0 Å². The second-order valence-corrected chi connectivity index (χ2v) is 11.9. The molecule has 1 saturated heterocycles. The molecule has 0 aromatic heterocycles. The van der Waals surface area contributed by atoms with Crippen molar-refractivity contribution in [1.82, 2.24) is 9.62 Å². The molecule has 1 saturated carbocycles. The van der Waals surface area contributed by atoms with Crippen molar-refractivity contribution in [2.24, 2.45) is 17.8 Å². The average Bonchev–Trinajstić information content (AvgIpc) is 2.82. The van der Waals surface area contributed by atoms with E-state index in [-0.39, 0.29) is 16.9 Å². The van der Waals surface area contributed by atoms with Crippen LogP contribution in [0.2, 0.25) is 0 Å². The Labute approximate surface area is 202 Å². The zero-order valence-electron chi connectivity index (χ0n) is 20.3. The third-order valence-corrected chi connectivity index (χ3v) is 9.26. The number of sulfonamides is 1. The monoisotopic (exact) mass is 504 g/mol. The minimum atomic E-state index is -4.49. The molecule has 0 bridgehead atoms. The Hall–Kier alpha value is -1.16. The standard InChI is InChI=1S/C25H39F3N2O3S/c1-3-4-17-33-24(21-13-15-29-16-14-21)20-7-5-19(6-8-20)18-30(2)34(31,32)23-11-9-22(10-12-23)25(26,27)28/h9-12,19-21,24,29H,3-8,13-18H2,1-2H3. The number of nitrogens with zero attached hydrogens (tertiary/aromatic N) is 1. The van der Waals surface area contributed by atoms with Crippen molar-refractivity contribution in [1.29, 1.82) is 0 Å². The number of alkyl halides is 3. The molecule has 0 amide bonds. The average molecular weight is 505 g/mol. The van der Waals surface area contributed by atoms with Crippen LogP contribution in [0.5, 0.6) is 0 Å². The first kappa shape index (κ1) is 27.4. The maximum absolute atomic E-state index is 12.9. The molecule has 1 heterocycles. The molecular formula is C25H39F3N2O3S. The Kier molecular flexibility index (Phi) is 9.83. The molecule has 5 nitrogen and oxygen atoms in total.